The van der Waals surface area contributed by atoms with E-state index in [2.05, 4.69) is 5.32 Å². The molecule has 0 aromatic heterocycles. The Morgan fingerprint density at radius 1 is 1.32 bits per heavy atom. The molecule has 0 aliphatic carbocycles. The average molecular weight is 268 g/mol. The van der Waals surface area contributed by atoms with Crippen molar-refractivity contribution in [2.24, 2.45) is 0 Å². The summed E-state index contributed by atoms with van der Waals surface area (Å²) in [4.78, 5) is 24.0. The van der Waals surface area contributed by atoms with Gasteiger partial charge >= 0.3 is 12.0 Å². The normalized spacial score (nSPS) is 11.0. The van der Waals surface area contributed by atoms with E-state index in [4.69, 9.17) is 5.11 Å². The van der Waals surface area contributed by atoms with E-state index >= 15 is 0 Å². The van der Waals surface area contributed by atoms with Gasteiger partial charge in [0.25, 0.3) is 0 Å². The number of carboxylic acids is 1. The molecule has 0 atom stereocenters. The molecule has 0 saturated heterocycles. The molecule has 0 fully saturated rings. The molecule has 2 N–H and O–H groups in total. The minimum absolute atomic E-state index is 0.288. The number of nitrogens with one attached hydrogen (secondary N) is 1. The van der Waals surface area contributed by atoms with Gasteiger partial charge in [-0.1, -0.05) is 0 Å². The molecule has 5 nitrogen and oxygen atoms in total. The van der Waals surface area contributed by atoms with Crippen LogP contribution in [0.4, 0.5) is 14.9 Å². The molecule has 0 spiro atoms. The van der Waals surface area contributed by atoms with Crippen molar-refractivity contribution in [3.8, 4) is 0 Å². The van der Waals surface area contributed by atoms with Crippen molar-refractivity contribution in [1.29, 1.82) is 0 Å². The third-order valence-corrected chi connectivity index (χ3v) is 2.96. The highest BCUT2D eigenvalue weighted by Crippen LogP contribution is 2.17. The van der Waals surface area contributed by atoms with Gasteiger partial charge < -0.3 is 15.3 Å². The number of carboxylic acid groups (broad SMARTS) is 1. The van der Waals surface area contributed by atoms with Crippen LogP contribution in [-0.4, -0.2) is 34.6 Å². The zero-order valence-electron chi connectivity index (χ0n) is 11.3. The van der Waals surface area contributed by atoms with Crippen LogP contribution in [0, 0.1) is 12.7 Å². The van der Waals surface area contributed by atoms with Crippen molar-refractivity contribution in [3.63, 3.8) is 0 Å². The first-order valence-corrected chi connectivity index (χ1v) is 5.70. The Labute approximate surface area is 111 Å². The quantitative estimate of drug-likeness (QED) is 0.884. The number of hydrogen-bond donors (Lipinski definition) is 2. The Morgan fingerprint density at radius 3 is 2.37 bits per heavy atom. The second-order valence-corrected chi connectivity index (χ2v) is 4.87. The third-order valence-electron chi connectivity index (χ3n) is 2.96. The summed E-state index contributed by atoms with van der Waals surface area (Å²) >= 11 is 0. The highest BCUT2D eigenvalue weighted by Gasteiger charge is 2.35. The zero-order valence-corrected chi connectivity index (χ0v) is 11.3. The third kappa shape index (κ3) is 3.43. The first-order chi connectivity index (χ1) is 8.64. The van der Waals surface area contributed by atoms with Gasteiger partial charge in [-0.2, -0.15) is 0 Å². The maximum atomic E-state index is 13.2. The van der Waals surface area contributed by atoms with Crippen LogP contribution >= 0.6 is 0 Å². The molecular weight excluding hydrogens is 251 g/mol. The smallest absolute Gasteiger partial charge is 0.329 e. The molecule has 2 amide bonds. The fourth-order valence-corrected chi connectivity index (χ4v) is 1.41. The SMILES string of the molecule is Cc1cc(F)cc(NC(=O)N(C)C(C)(C)C(=O)O)c1. The number of hydrogen-bond acceptors (Lipinski definition) is 2. The fraction of sp³-hybridized carbons (Fsp3) is 0.385. The van der Waals surface area contributed by atoms with Crippen LogP contribution in [0.25, 0.3) is 0 Å². The van der Waals surface area contributed by atoms with Gasteiger partial charge in [0.2, 0.25) is 0 Å². The zero-order chi connectivity index (χ0) is 14.8. The molecule has 104 valence electrons. The molecule has 1 rings (SSSR count). The first-order valence-electron chi connectivity index (χ1n) is 5.70. The van der Waals surface area contributed by atoms with Gasteiger partial charge in [-0.15, -0.1) is 0 Å². The second kappa shape index (κ2) is 5.26. The van der Waals surface area contributed by atoms with Crippen LogP contribution in [0.2, 0.25) is 0 Å². The maximum absolute atomic E-state index is 13.2. The number of carbonyl (C=O) groups is 2. The number of aliphatic carboxylic acids is 1. The van der Waals surface area contributed by atoms with Gasteiger partial charge in [-0.05, 0) is 44.5 Å². The second-order valence-electron chi connectivity index (χ2n) is 4.87. The van der Waals surface area contributed by atoms with Crippen LogP contribution in [0.3, 0.4) is 0 Å². The number of halogens is 1. The summed E-state index contributed by atoms with van der Waals surface area (Å²) in [6, 6.07) is 3.49. The Hall–Kier alpha value is -2.11. The molecule has 6 heteroatoms. The standard InChI is InChI=1S/C13H17FN2O3/c1-8-5-9(14)7-10(6-8)15-12(19)16(4)13(2,3)11(17)18/h5-7H,1-4H3,(H,15,19)(H,17,18). The number of anilines is 1. The van der Waals surface area contributed by atoms with E-state index in [1.165, 1.54) is 33.0 Å². The lowest BCUT2D eigenvalue weighted by molar-refractivity contribution is -0.146. The van der Waals surface area contributed by atoms with E-state index in [1.54, 1.807) is 13.0 Å². The van der Waals surface area contributed by atoms with Gasteiger partial charge in [-0.3, -0.25) is 0 Å². The van der Waals surface area contributed by atoms with Gasteiger partial charge in [0.05, 0.1) is 0 Å². The number of amides is 2. The highest BCUT2D eigenvalue weighted by atomic mass is 19.1. The van der Waals surface area contributed by atoms with Crippen LogP contribution < -0.4 is 5.32 Å². The minimum atomic E-state index is -1.35. The molecular formula is C13H17FN2O3. The van der Waals surface area contributed by atoms with Crippen LogP contribution in [0.1, 0.15) is 19.4 Å². The van der Waals surface area contributed by atoms with Crippen molar-refractivity contribution < 1.29 is 19.1 Å². The van der Waals surface area contributed by atoms with Gasteiger partial charge in [0.15, 0.2) is 0 Å². The predicted molar refractivity (Wildman–Crippen MR) is 69.6 cm³/mol. The van der Waals surface area contributed by atoms with Gasteiger partial charge in [0, 0.05) is 12.7 Å². The van der Waals surface area contributed by atoms with E-state index < -0.39 is 23.4 Å². The number of rotatable bonds is 3. The van der Waals surface area contributed by atoms with E-state index in [-0.39, 0.29) is 5.69 Å². The van der Waals surface area contributed by atoms with Crippen molar-refractivity contribution >= 4 is 17.7 Å². The van der Waals surface area contributed by atoms with Crippen LogP contribution in [0.15, 0.2) is 18.2 Å². The van der Waals surface area contributed by atoms with Crippen LogP contribution in [-0.2, 0) is 4.79 Å². The van der Waals surface area contributed by atoms with E-state index in [0.717, 1.165) is 4.90 Å². The summed E-state index contributed by atoms with van der Waals surface area (Å²) < 4.78 is 13.2. The summed E-state index contributed by atoms with van der Waals surface area (Å²) in [5, 5.41) is 11.5. The summed E-state index contributed by atoms with van der Waals surface area (Å²) in [6.45, 7) is 4.51. The number of urea groups is 1. The summed E-state index contributed by atoms with van der Waals surface area (Å²) in [5.74, 6) is -1.59. The molecule has 0 bridgehead atoms. The Kier molecular flexibility index (Phi) is 4.14. The van der Waals surface area contributed by atoms with E-state index in [0.29, 0.717) is 5.56 Å². The molecule has 1 aromatic rings. The topological polar surface area (TPSA) is 69.6 Å². The lowest BCUT2D eigenvalue weighted by Crippen LogP contribution is -2.52. The number of likely N-dealkylation sites (N-methyl/N-ethyl adjacent to an activating group) is 1. The van der Waals surface area contributed by atoms with Crippen molar-refractivity contribution in [3.05, 3.63) is 29.6 Å². The lowest BCUT2D eigenvalue weighted by Gasteiger charge is -2.31. The van der Waals surface area contributed by atoms with Crippen LogP contribution in [0.5, 0.6) is 0 Å². The van der Waals surface area contributed by atoms with E-state index in [1.807, 2.05) is 0 Å². The summed E-state index contributed by atoms with van der Waals surface area (Å²) in [5.41, 5.74) is -0.405. The number of nitrogens with zero attached hydrogens (tertiary/aromatic N) is 1. The maximum Gasteiger partial charge on any atom is 0.329 e. The largest absolute Gasteiger partial charge is 0.480 e. The predicted octanol–water partition coefficient (Wildman–Crippen LogP) is 2.46. The minimum Gasteiger partial charge on any atom is -0.480 e. The average Bonchev–Trinajstić information content (AvgIpc) is 2.25. The van der Waals surface area contributed by atoms with Gasteiger partial charge in [0.1, 0.15) is 11.4 Å². The first kappa shape index (κ1) is 14.9. The molecule has 0 unspecified atom stereocenters. The summed E-state index contributed by atoms with van der Waals surface area (Å²) in [6.07, 6.45) is 0. The molecule has 19 heavy (non-hydrogen) atoms. The van der Waals surface area contributed by atoms with E-state index in [9.17, 15) is 14.0 Å². The number of benzene rings is 1. The highest BCUT2D eigenvalue weighted by molar-refractivity contribution is 5.93. The van der Waals surface area contributed by atoms with Crippen molar-refractivity contribution in [2.75, 3.05) is 12.4 Å². The Bertz CT molecular complexity index is 494. The molecule has 0 aliphatic heterocycles. The molecule has 0 saturated carbocycles. The monoisotopic (exact) mass is 268 g/mol. The fourth-order valence-electron chi connectivity index (χ4n) is 1.41. The Morgan fingerprint density at radius 2 is 1.89 bits per heavy atom. The summed E-state index contributed by atoms with van der Waals surface area (Å²) in [7, 11) is 1.37. The molecule has 0 heterocycles. The van der Waals surface area contributed by atoms with Crippen molar-refractivity contribution in [1.82, 2.24) is 4.90 Å². The molecule has 0 aliphatic rings. The number of aryl methyl sites for hydroxylation is 1. The Balaban J connectivity index is 2.88. The lowest BCUT2D eigenvalue weighted by atomic mass is 10.1. The molecule has 0 radical (unpaired) electrons. The van der Waals surface area contributed by atoms with Crippen molar-refractivity contribution in [2.45, 2.75) is 26.3 Å². The number of carbonyl (C=O) groups excluding carboxylic acids is 1. The van der Waals surface area contributed by atoms with Gasteiger partial charge in [-0.25, -0.2) is 14.0 Å². The molecule has 1 aromatic carbocycles.